The summed E-state index contributed by atoms with van der Waals surface area (Å²) in [7, 11) is 0. The topological polar surface area (TPSA) is 69.6 Å². The van der Waals surface area contributed by atoms with E-state index in [0.29, 0.717) is 18.0 Å². The molecule has 1 amide bonds. The van der Waals surface area contributed by atoms with Gasteiger partial charge in [0, 0.05) is 30.6 Å². The number of amides is 1. The Bertz CT molecular complexity index is 626. The van der Waals surface area contributed by atoms with E-state index in [-0.39, 0.29) is 40.8 Å². The average Bonchev–Trinajstić information content (AvgIpc) is 2.94. The van der Waals surface area contributed by atoms with E-state index in [1.54, 1.807) is 5.51 Å². The molecule has 142 valence electrons. The van der Waals surface area contributed by atoms with E-state index in [9.17, 15) is 4.79 Å². The summed E-state index contributed by atoms with van der Waals surface area (Å²) in [5.74, 6) is 0.852. The zero-order valence-electron chi connectivity index (χ0n) is 16.0. The highest BCUT2D eigenvalue weighted by atomic mass is 127. The van der Waals surface area contributed by atoms with Gasteiger partial charge >= 0.3 is 0 Å². The van der Waals surface area contributed by atoms with Crippen molar-refractivity contribution in [1.29, 1.82) is 0 Å². The van der Waals surface area contributed by atoms with Crippen molar-refractivity contribution < 1.29 is 4.79 Å². The molecule has 6 nitrogen and oxygen atoms in total. The number of aryl methyl sites for hydroxylation is 1. The Morgan fingerprint density at radius 1 is 1.36 bits per heavy atom. The molecule has 8 heteroatoms. The van der Waals surface area contributed by atoms with Crippen LogP contribution in [0.4, 0.5) is 0 Å². The van der Waals surface area contributed by atoms with Gasteiger partial charge in [-0.15, -0.1) is 35.3 Å². The third kappa shape index (κ3) is 4.64. The Balaban J connectivity index is 0.00000312. The highest BCUT2D eigenvalue weighted by Crippen LogP contribution is 2.46. The van der Waals surface area contributed by atoms with Crippen LogP contribution in [0.2, 0.25) is 0 Å². The van der Waals surface area contributed by atoms with Gasteiger partial charge in [-0.1, -0.05) is 13.8 Å². The van der Waals surface area contributed by atoms with Crippen molar-refractivity contribution in [1.82, 2.24) is 20.5 Å². The first-order valence-electron chi connectivity index (χ1n) is 8.45. The Labute approximate surface area is 171 Å². The summed E-state index contributed by atoms with van der Waals surface area (Å²) >= 11 is 1.37. The predicted octanol–water partition coefficient (Wildman–Crippen LogP) is 2.89. The number of aromatic nitrogens is 1. The SMILES string of the molecule is CCNC(=NCCNC(=O)c1scnc1C)N1CC(C)(C)C1(C)C.I. The molecular weight excluding hydrogens is 449 g/mol. The minimum atomic E-state index is -0.0689. The van der Waals surface area contributed by atoms with E-state index in [4.69, 9.17) is 0 Å². The van der Waals surface area contributed by atoms with E-state index in [1.807, 2.05) is 6.92 Å². The Morgan fingerprint density at radius 2 is 2.04 bits per heavy atom. The lowest BCUT2D eigenvalue weighted by molar-refractivity contribution is -0.0667. The standard InChI is InChI=1S/C17H29N5OS.HI/c1-7-18-15(22-10-16(3,4)17(22,5)6)20-9-8-19-14(23)13-12(2)21-11-24-13;/h11H,7-10H2,1-6H3,(H,18,20)(H,19,23);1H. The molecule has 2 heterocycles. The number of thiazole rings is 1. The van der Waals surface area contributed by atoms with E-state index in [1.165, 1.54) is 11.3 Å². The number of aliphatic imine (C=N–C) groups is 1. The number of hydrogen-bond donors (Lipinski definition) is 2. The van der Waals surface area contributed by atoms with E-state index in [0.717, 1.165) is 24.7 Å². The molecular formula is C17H30IN5OS. The maximum absolute atomic E-state index is 12.1. The largest absolute Gasteiger partial charge is 0.356 e. The van der Waals surface area contributed by atoms with Gasteiger partial charge in [0.05, 0.1) is 17.7 Å². The summed E-state index contributed by atoms with van der Waals surface area (Å²) in [5.41, 5.74) is 2.80. The fourth-order valence-corrected chi connectivity index (χ4v) is 3.44. The van der Waals surface area contributed by atoms with E-state index >= 15 is 0 Å². The fourth-order valence-electron chi connectivity index (χ4n) is 2.73. The lowest BCUT2D eigenvalue weighted by Crippen LogP contribution is -2.72. The number of hydrogen-bond acceptors (Lipinski definition) is 4. The molecule has 0 saturated carbocycles. The second-order valence-electron chi connectivity index (χ2n) is 7.29. The van der Waals surface area contributed by atoms with Gasteiger partial charge in [0.2, 0.25) is 0 Å². The first kappa shape index (κ1) is 22.1. The van der Waals surface area contributed by atoms with Crippen LogP contribution in [0.25, 0.3) is 0 Å². The monoisotopic (exact) mass is 479 g/mol. The molecule has 25 heavy (non-hydrogen) atoms. The van der Waals surface area contributed by atoms with Crippen LogP contribution in [-0.4, -0.2) is 53.5 Å². The van der Waals surface area contributed by atoms with Crippen molar-refractivity contribution in [3.63, 3.8) is 0 Å². The summed E-state index contributed by atoms with van der Waals surface area (Å²) in [6.07, 6.45) is 0. The van der Waals surface area contributed by atoms with Gasteiger partial charge in [-0.05, 0) is 27.7 Å². The Kier molecular flexibility index (Phi) is 7.67. The van der Waals surface area contributed by atoms with Gasteiger partial charge in [-0.3, -0.25) is 9.79 Å². The van der Waals surface area contributed by atoms with Gasteiger partial charge < -0.3 is 15.5 Å². The molecule has 0 radical (unpaired) electrons. The number of likely N-dealkylation sites (tertiary alicyclic amines) is 1. The number of nitrogens with zero attached hydrogens (tertiary/aromatic N) is 3. The molecule has 0 bridgehead atoms. The molecule has 1 fully saturated rings. The van der Waals surface area contributed by atoms with Crippen LogP contribution in [0.1, 0.15) is 50.0 Å². The summed E-state index contributed by atoms with van der Waals surface area (Å²) in [4.78, 5) is 23.8. The van der Waals surface area contributed by atoms with Gasteiger partial charge in [0.25, 0.3) is 5.91 Å². The third-order valence-corrected chi connectivity index (χ3v) is 6.01. The van der Waals surface area contributed by atoms with Crippen molar-refractivity contribution >= 4 is 47.2 Å². The van der Waals surface area contributed by atoms with Crippen molar-refractivity contribution in [3.05, 3.63) is 16.1 Å². The zero-order chi connectivity index (χ0) is 18.0. The van der Waals surface area contributed by atoms with Crippen molar-refractivity contribution in [2.45, 2.75) is 47.1 Å². The fraction of sp³-hybridized carbons (Fsp3) is 0.706. The van der Waals surface area contributed by atoms with Crippen LogP contribution in [0.3, 0.4) is 0 Å². The minimum absolute atomic E-state index is 0. The number of carbonyl (C=O) groups is 1. The smallest absolute Gasteiger partial charge is 0.263 e. The number of nitrogens with one attached hydrogen (secondary N) is 2. The Morgan fingerprint density at radius 3 is 2.52 bits per heavy atom. The highest BCUT2D eigenvalue weighted by molar-refractivity contribution is 14.0. The normalized spacial score (nSPS) is 18.2. The van der Waals surface area contributed by atoms with Crippen molar-refractivity contribution in [3.8, 4) is 0 Å². The van der Waals surface area contributed by atoms with Gasteiger partial charge in [0.15, 0.2) is 5.96 Å². The molecule has 1 saturated heterocycles. The summed E-state index contributed by atoms with van der Waals surface area (Å²) in [6, 6.07) is 0. The second kappa shape index (κ2) is 8.66. The van der Waals surface area contributed by atoms with Gasteiger partial charge in [-0.25, -0.2) is 4.98 Å². The predicted molar refractivity (Wildman–Crippen MR) is 115 cm³/mol. The highest BCUT2D eigenvalue weighted by Gasteiger charge is 2.53. The van der Waals surface area contributed by atoms with Crippen LogP contribution in [0.5, 0.6) is 0 Å². The van der Waals surface area contributed by atoms with Crippen LogP contribution < -0.4 is 10.6 Å². The molecule has 0 unspecified atom stereocenters. The molecule has 0 aliphatic carbocycles. The zero-order valence-corrected chi connectivity index (χ0v) is 19.1. The summed E-state index contributed by atoms with van der Waals surface area (Å²) < 4.78 is 0. The van der Waals surface area contributed by atoms with Crippen LogP contribution in [0, 0.1) is 12.3 Å². The number of halogens is 1. The molecule has 2 N–H and O–H groups in total. The molecule has 1 aromatic heterocycles. The molecule has 1 aromatic rings. The Hall–Kier alpha value is -0.900. The maximum Gasteiger partial charge on any atom is 0.263 e. The van der Waals surface area contributed by atoms with Crippen molar-refractivity contribution in [2.75, 3.05) is 26.2 Å². The lowest BCUT2D eigenvalue weighted by Gasteiger charge is -2.62. The number of carbonyl (C=O) groups excluding carboxylic acids is 1. The molecule has 1 aliphatic heterocycles. The maximum atomic E-state index is 12.1. The average molecular weight is 479 g/mol. The third-order valence-electron chi connectivity index (χ3n) is 5.09. The minimum Gasteiger partial charge on any atom is -0.356 e. The lowest BCUT2D eigenvalue weighted by atomic mass is 9.65. The summed E-state index contributed by atoms with van der Waals surface area (Å²) in [6.45, 7) is 15.9. The van der Waals surface area contributed by atoms with Gasteiger partial charge in [0.1, 0.15) is 4.88 Å². The first-order valence-corrected chi connectivity index (χ1v) is 9.33. The molecule has 0 aromatic carbocycles. The number of rotatable bonds is 5. The number of guanidine groups is 1. The van der Waals surface area contributed by atoms with Crippen LogP contribution in [-0.2, 0) is 0 Å². The van der Waals surface area contributed by atoms with Crippen molar-refractivity contribution in [2.24, 2.45) is 10.4 Å². The molecule has 0 spiro atoms. The molecule has 2 rings (SSSR count). The second-order valence-corrected chi connectivity index (χ2v) is 8.14. The first-order chi connectivity index (χ1) is 11.2. The van der Waals surface area contributed by atoms with E-state index in [2.05, 4.69) is 60.1 Å². The van der Waals surface area contributed by atoms with Crippen LogP contribution in [0.15, 0.2) is 10.5 Å². The van der Waals surface area contributed by atoms with Crippen LogP contribution >= 0.6 is 35.3 Å². The molecule has 0 atom stereocenters. The summed E-state index contributed by atoms with van der Waals surface area (Å²) in [5, 5.41) is 6.27. The quantitative estimate of drug-likeness (QED) is 0.295. The van der Waals surface area contributed by atoms with E-state index < -0.39 is 0 Å². The van der Waals surface area contributed by atoms with Gasteiger partial charge in [-0.2, -0.15) is 0 Å². The molecule has 1 aliphatic rings.